The lowest BCUT2D eigenvalue weighted by Gasteiger charge is -2.22. The van der Waals surface area contributed by atoms with Gasteiger partial charge >= 0.3 is 5.97 Å². The van der Waals surface area contributed by atoms with E-state index < -0.39 is 5.97 Å². The zero-order chi connectivity index (χ0) is 20.6. The lowest BCUT2D eigenvalue weighted by molar-refractivity contribution is -0.162. The van der Waals surface area contributed by atoms with Gasteiger partial charge in [-0.2, -0.15) is 0 Å². The zero-order valence-electron chi connectivity index (χ0n) is 17.0. The van der Waals surface area contributed by atoms with Crippen LogP contribution in [0.15, 0.2) is 36.3 Å². The normalized spacial score (nSPS) is 17.3. The second-order valence-electron chi connectivity index (χ2n) is 7.10. The van der Waals surface area contributed by atoms with Crippen LogP contribution in [0, 0.1) is 6.92 Å². The standard InChI is InChI=1S/C22H28N2O5/c1-16-14-24(15-23-16)19-9-8-17(13-20(19)27-2)12-18(22(25)26)6-5-11-29-21-7-3-4-10-28-21/h8-9,12-15,21H,3-7,10-11H2,1-2H3,(H,25,26)/b18-12-. The molecule has 2 heterocycles. The third-order valence-electron chi connectivity index (χ3n) is 4.84. The van der Waals surface area contributed by atoms with E-state index in [4.69, 9.17) is 14.2 Å². The molecule has 1 aliphatic heterocycles. The average molecular weight is 400 g/mol. The van der Waals surface area contributed by atoms with Crippen molar-refractivity contribution < 1.29 is 24.1 Å². The van der Waals surface area contributed by atoms with E-state index in [2.05, 4.69) is 4.98 Å². The summed E-state index contributed by atoms with van der Waals surface area (Å²) in [4.78, 5) is 15.9. The Morgan fingerprint density at radius 2 is 2.28 bits per heavy atom. The molecule has 0 aliphatic carbocycles. The van der Waals surface area contributed by atoms with Crippen LogP contribution in [0.5, 0.6) is 5.75 Å². The molecule has 7 heteroatoms. The van der Waals surface area contributed by atoms with E-state index >= 15 is 0 Å². The highest BCUT2D eigenvalue weighted by Crippen LogP contribution is 2.26. The molecule has 3 rings (SSSR count). The molecule has 2 aromatic rings. The van der Waals surface area contributed by atoms with Crippen LogP contribution in [0.25, 0.3) is 11.8 Å². The fourth-order valence-electron chi connectivity index (χ4n) is 3.31. The fraction of sp³-hybridized carbons (Fsp3) is 0.455. The van der Waals surface area contributed by atoms with E-state index in [9.17, 15) is 9.90 Å². The zero-order valence-corrected chi connectivity index (χ0v) is 17.0. The van der Waals surface area contributed by atoms with Gasteiger partial charge in [0.1, 0.15) is 5.75 Å². The van der Waals surface area contributed by atoms with E-state index in [0.29, 0.717) is 30.8 Å². The van der Waals surface area contributed by atoms with Gasteiger partial charge in [-0.15, -0.1) is 0 Å². The van der Waals surface area contributed by atoms with Crippen molar-refractivity contribution in [2.24, 2.45) is 0 Å². The predicted molar refractivity (Wildman–Crippen MR) is 109 cm³/mol. The van der Waals surface area contributed by atoms with Gasteiger partial charge in [0.15, 0.2) is 6.29 Å². The number of carbonyl (C=O) groups is 1. The SMILES string of the molecule is COc1cc(/C=C(/CCCOC2CCCCO2)C(=O)O)ccc1-n1cnc(C)c1. The number of carboxylic acid groups (broad SMARTS) is 1. The Bertz CT molecular complexity index is 853. The van der Waals surface area contributed by atoms with Crippen molar-refractivity contribution in [3.05, 3.63) is 47.6 Å². The van der Waals surface area contributed by atoms with Crippen LogP contribution in [-0.4, -0.2) is 47.2 Å². The summed E-state index contributed by atoms with van der Waals surface area (Å²) in [6.07, 6.45) is 9.32. The van der Waals surface area contributed by atoms with E-state index in [1.807, 2.05) is 35.9 Å². The number of hydrogen-bond donors (Lipinski definition) is 1. The maximum Gasteiger partial charge on any atom is 0.331 e. The van der Waals surface area contributed by atoms with Crippen molar-refractivity contribution in [1.29, 1.82) is 0 Å². The second kappa shape index (κ2) is 10.2. The fourth-order valence-corrected chi connectivity index (χ4v) is 3.31. The van der Waals surface area contributed by atoms with Gasteiger partial charge in [0, 0.05) is 18.4 Å². The molecule has 7 nitrogen and oxygen atoms in total. The topological polar surface area (TPSA) is 82.8 Å². The summed E-state index contributed by atoms with van der Waals surface area (Å²) in [5.41, 5.74) is 2.87. The van der Waals surface area contributed by atoms with Crippen LogP contribution in [-0.2, 0) is 14.3 Å². The predicted octanol–water partition coefficient (Wildman–Crippen LogP) is 3.98. The number of imidazole rings is 1. The first-order chi connectivity index (χ1) is 14.1. The van der Waals surface area contributed by atoms with Crippen molar-refractivity contribution >= 4 is 12.0 Å². The number of nitrogens with zero attached hydrogens (tertiary/aromatic N) is 2. The van der Waals surface area contributed by atoms with E-state index in [1.165, 1.54) is 0 Å². The van der Waals surface area contributed by atoms with Crippen LogP contribution in [0.3, 0.4) is 0 Å². The maximum atomic E-state index is 11.7. The summed E-state index contributed by atoms with van der Waals surface area (Å²) < 4.78 is 18.6. The minimum Gasteiger partial charge on any atom is -0.495 e. The molecule has 1 aliphatic rings. The van der Waals surface area contributed by atoms with E-state index in [1.54, 1.807) is 19.5 Å². The molecule has 156 valence electrons. The van der Waals surface area contributed by atoms with E-state index in [0.717, 1.165) is 42.8 Å². The van der Waals surface area contributed by atoms with Crippen molar-refractivity contribution in [2.75, 3.05) is 20.3 Å². The molecule has 0 bridgehead atoms. The first kappa shape index (κ1) is 21.1. The lowest BCUT2D eigenvalue weighted by atomic mass is 10.1. The quantitative estimate of drug-likeness (QED) is 0.506. The number of ether oxygens (including phenoxy) is 3. The number of rotatable bonds is 9. The number of carboxylic acids is 1. The molecule has 1 aromatic carbocycles. The summed E-state index contributed by atoms with van der Waals surface area (Å²) in [5, 5.41) is 9.57. The summed E-state index contributed by atoms with van der Waals surface area (Å²) >= 11 is 0. The molecule has 0 radical (unpaired) electrons. The second-order valence-corrected chi connectivity index (χ2v) is 7.10. The highest BCUT2D eigenvalue weighted by atomic mass is 16.7. The summed E-state index contributed by atoms with van der Waals surface area (Å²) in [6, 6.07) is 5.61. The van der Waals surface area contributed by atoms with Gasteiger partial charge < -0.3 is 23.9 Å². The Morgan fingerprint density at radius 3 is 2.93 bits per heavy atom. The molecule has 1 aromatic heterocycles. The Balaban J connectivity index is 1.65. The number of aromatic nitrogens is 2. The molecule has 1 fully saturated rings. The highest BCUT2D eigenvalue weighted by Gasteiger charge is 2.15. The van der Waals surface area contributed by atoms with Crippen LogP contribution >= 0.6 is 0 Å². The molecule has 0 amide bonds. The molecular formula is C22H28N2O5. The van der Waals surface area contributed by atoms with Gasteiger partial charge in [0.05, 0.1) is 31.4 Å². The number of aliphatic carboxylic acids is 1. The van der Waals surface area contributed by atoms with Crippen molar-refractivity contribution in [3.8, 4) is 11.4 Å². The van der Waals surface area contributed by atoms with Crippen molar-refractivity contribution in [3.63, 3.8) is 0 Å². The summed E-state index contributed by atoms with van der Waals surface area (Å²) in [7, 11) is 1.60. The van der Waals surface area contributed by atoms with Crippen LogP contribution in [0.1, 0.15) is 43.4 Å². The van der Waals surface area contributed by atoms with Crippen LogP contribution < -0.4 is 4.74 Å². The summed E-state index contributed by atoms with van der Waals surface area (Å²) in [5.74, 6) is -0.272. The molecule has 1 atom stereocenters. The van der Waals surface area contributed by atoms with Gasteiger partial charge in [-0.05, 0) is 62.8 Å². The van der Waals surface area contributed by atoms with Gasteiger partial charge in [-0.25, -0.2) is 9.78 Å². The lowest BCUT2D eigenvalue weighted by Crippen LogP contribution is -2.22. The first-order valence-corrected chi connectivity index (χ1v) is 9.93. The summed E-state index contributed by atoms with van der Waals surface area (Å²) in [6.45, 7) is 3.14. The van der Waals surface area contributed by atoms with Crippen LogP contribution in [0.2, 0.25) is 0 Å². The maximum absolute atomic E-state index is 11.7. The Kier molecular flexibility index (Phi) is 7.43. The van der Waals surface area contributed by atoms with Crippen LogP contribution in [0.4, 0.5) is 0 Å². The molecule has 1 N–H and O–H groups in total. The van der Waals surface area contributed by atoms with Crippen molar-refractivity contribution in [2.45, 2.75) is 45.3 Å². The van der Waals surface area contributed by atoms with Gasteiger partial charge in [-0.1, -0.05) is 6.07 Å². The largest absolute Gasteiger partial charge is 0.495 e. The van der Waals surface area contributed by atoms with Gasteiger partial charge in [0.2, 0.25) is 0 Å². The first-order valence-electron chi connectivity index (χ1n) is 9.93. The van der Waals surface area contributed by atoms with E-state index in [-0.39, 0.29) is 6.29 Å². The number of methoxy groups -OCH3 is 1. The minimum absolute atomic E-state index is 0.148. The monoisotopic (exact) mass is 400 g/mol. The molecule has 0 saturated carbocycles. The van der Waals surface area contributed by atoms with Gasteiger partial charge in [0.25, 0.3) is 0 Å². The molecule has 0 spiro atoms. The number of benzene rings is 1. The smallest absolute Gasteiger partial charge is 0.331 e. The Hall–Kier alpha value is -2.64. The molecule has 1 saturated heterocycles. The molecule has 1 unspecified atom stereocenters. The third kappa shape index (κ3) is 5.92. The molecular weight excluding hydrogens is 372 g/mol. The number of aryl methyl sites for hydroxylation is 1. The van der Waals surface area contributed by atoms with Crippen molar-refractivity contribution in [1.82, 2.24) is 9.55 Å². The Morgan fingerprint density at radius 1 is 1.41 bits per heavy atom. The average Bonchev–Trinajstić information content (AvgIpc) is 3.16. The molecule has 29 heavy (non-hydrogen) atoms. The van der Waals surface area contributed by atoms with Gasteiger partial charge in [-0.3, -0.25) is 0 Å². The third-order valence-corrected chi connectivity index (χ3v) is 4.84. The minimum atomic E-state index is -0.924. The number of hydrogen-bond acceptors (Lipinski definition) is 5. The Labute approximate surface area is 170 Å². The highest BCUT2D eigenvalue weighted by molar-refractivity contribution is 5.92.